The van der Waals surface area contributed by atoms with Crippen molar-refractivity contribution >= 4 is 74.8 Å². The van der Waals surface area contributed by atoms with E-state index in [1.54, 1.807) is 5.51 Å². The Morgan fingerprint density at radius 2 is 2.23 bits per heavy atom. The molecule has 4 heterocycles. The number of carboxylic acids is 1. The number of alkyl halides is 1. The number of nitrogens with zero attached hydrogens (tertiary/aromatic N) is 5. The molecule has 2 amide bonds. The van der Waals surface area contributed by atoms with Crippen molar-refractivity contribution in [3.8, 4) is 0 Å². The van der Waals surface area contributed by atoms with Crippen molar-refractivity contribution in [1.29, 1.82) is 0 Å². The number of hydrogen-bond acceptors (Lipinski definition) is 13. The van der Waals surface area contributed by atoms with Crippen LogP contribution >= 0.6 is 46.2 Å². The van der Waals surface area contributed by atoms with Gasteiger partial charge in [-0.2, -0.15) is 0 Å². The standard InChI is InChI=1S/C18H16FN7O5S4/c19-7-1-9(7)31-25-10(8-4-33-17(20)22-8)13(27)23-11-14(28)26-12(16(29)30)6(2-32-15(11)26)3-34-18-24-21-5-35-18/h4-5,7,9,11,15H,1-3H2,(H2,20,22)(H,23,27)(H,29,30)/t7?,9?,11-,15+/m1/s1. The summed E-state index contributed by atoms with van der Waals surface area (Å²) in [5.74, 6) is -1.84. The normalized spacial score (nSPS) is 25.7. The fourth-order valence-corrected chi connectivity index (χ4v) is 6.87. The van der Waals surface area contributed by atoms with Gasteiger partial charge in [0.1, 0.15) is 34.5 Å². The fraction of sp³-hybridized carbons (Fsp3) is 0.389. The van der Waals surface area contributed by atoms with Gasteiger partial charge in [0.2, 0.25) is 0 Å². The Morgan fingerprint density at radius 1 is 1.43 bits per heavy atom. The van der Waals surface area contributed by atoms with Gasteiger partial charge in [-0.15, -0.1) is 33.3 Å². The zero-order valence-corrected chi connectivity index (χ0v) is 20.8. The van der Waals surface area contributed by atoms with Gasteiger partial charge >= 0.3 is 5.97 Å². The van der Waals surface area contributed by atoms with Crippen LogP contribution in [0.2, 0.25) is 0 Å². The molecule has 2 unspecified atom stereocenters. The van der Waals surface area contributed by atoms with Gasteiger partial charge in [-0.25, -0.2) is 14.2 Å². The molecule has 0 aromatic carbocycles. The number of aromatic nitrogens is 3. The van der Waals surface area contributed by atoms with E-state index >= 15 is 0 Å². The minimum absolute atomic E-state index is 0.0894. The monoisotopic (exact) mass is 557 g/mol. The lowest BCUT2D eigenvalue weighted by atomic mass is 10.0. The van der Waals surface area contributed by atoms with E-state index in [9.17, 15) is 23.9 Å². The first kappa shape index (κ1) is 24.0. The van der Waals surface area contributed by atoms with E-state index in [-0.39, 0.29) is 28.7 Å². The second-order valence-corrected chi connectivity index (χ2v) is 11.6. The largest absolute Gasteiger partial charge is 0.477 e. The third-order valence-corrected chi connectivity index (χ3v) is 9.12. The van der Waals surface area contributed by atoms with Crippen molar-refractivity contribution in [2.24, 2.45) is 5.16 Å². The average molecular weight is 558 g/mol. The van der Waals surface area contributed by atoms with Gasteiger partial charge in [0.05, 0.1) is 0 Å². The number of rotatable bonds is 9. The van der Waals surface area contributed by atoms with Gasteiger partial charge in [-0.3, -0.25) is 14.5 Å². The summed E-state index contributed by atoms with van der Waals surface area (Å²) < 4.78 is 13.9. The minimum atomic E-state index is -1.22. The van der Waals surface area contributed by atoms with Crippen molar-refractivity contribution in [3.63, 3.8) is 0 Å². The lowest BCUT2D eigenvalue weighted by molar-refractivity contribution is -0.150. The highest BCUT2D eigenvalue weighted by atomic mass is 32.2. The number of hydrogen-bond donors (Lipinski definition) is 3. The first-order valence-electron chi connectivity index (χ1n) is 10.0. The number of halogens is 1. The molecule has 184 valence electrons. The Morgan fingerprint density at radius 3 is 2.86 bits per heavy atom. The third kappa shape index (κ3) is 4.85. The van der Waals surface area contributed by atoms with Crippen molar-refractivity contribution < 1.29 is 28.7 Å². The number of thioether (sulfide) groups is 2. The van der Waals surface area contributed by atoms with Crippen LogP contribution in [-0.2, 0) is 19.2 Å². The van der Waals surface area contributed by atoms with Crippen LogP contribution in [0.3, 0.4) is 0 Å². The van der Waals surface area contributed by atoms with Crippen LogP contribution in [-0.4, -0.2) is 83.9 Å². The first-order chi connectivity index (χ1) is 16.8. The molecular weight excluding hydrogens is 542 g/mol. The maximum Gasteiger partial charge on any atom is 0.352 e. The lowest BCUT2D eigenvalue weighted by Crippen LogP contribution is -2.71. The number of nitrogens with two attached hydrogens (primary N) is 1. The number of thiazole rings is 1. The Kier molecular flexibility index (Phi) is 6.65. The van der Waals surface area contributed by atoms with Gasteiger partial charge in [0.25, 0.3) is 11.8 Å². The van der Waals surface area contributed by atoms with Crippen LogP contribution in [0.15, 0.2) is 31.7 Å². The highest BCUT2D eigenvalue weighted by Crippen LogP contribution is 2.41. The highest BCUT2D eigenvalue weighted by molar-refractivity contribution is 8.01. The van der Waals surface area contributed by atoms with E-state index in [0.29, 0.717) is 21.4 Å². The van der Waals surface area contributed by atoms with Crippen molar-refractivity contribution in [2.45, 2.75) is 34.5 Å². The fourth-order valence-electron chi connectivity index (χ4n) is 3.35. The summed E-state index contributed by atoms with van der Waals surface area (Å²) in [6.45, 7) is 0. The topological polar surface area (TPSA) is 173 Å². The predicted octanol–water partition coefficient (Wildman–Crippen LogP) is 0.939. The van der Waals surface area contributed by atoms with Gasteiger partial charge in [0, 0.05) is 23.3 Å². The molecule has 2 aromatic heterocycles. The number of aliphatic carboxylic acids is 1. The Bertz CT molecular complexity index is 1240. The molecule has 4 N–H and O–H groups in total. The van der Waals surface area contributed by atoms with Crippen molar-refractivity contribution in [3.05, 3.63) is 27.9 Å². The zero-order chi connectivity index (χ0) is 24.7. The average Bonchev–Trinajstić information content (AvgIpc) is 3.20. The number of carboxylic acid groups (broad SMARTS) is 1. The van der Waals surface area contributed by atoms with E-state index in [1.807, 2.05) is 0 Å². The number of nitrogens with one attached hydrogen (secondary N) is 1. The number of nitrogen functional groups attached to an aromatic ring is 1. The molecule has 17 heteroatoms. The van der Waals surface area contributed by atoms with E-state index in [2.05, 4.69) is 25.7 Å². The number of anilines is 1. The molecular formula is C18H16FN7O5S4. The van der Waals surface area contributed by atoms with Crippen molar-refractivity contribution in [2.75, 3.05) is 17.2 Å². The molecule has 2 aliphatic heterocycles. The van der Waals surface area contributed by atoms with Gasteiger partial charge in [-0.05, 0) is 5.57 Å². The van der Waals surface area contributed by atoms with E-state index in [0.717, 1.165) is 11.3 Å². The molecule has 4 atom stereocenters. The smallest absolute Gasteiger partial charge is 0.352 e. The predicted molar refractivity (Wildman–Crippen MR) is 128 cm³/mol. The molecule has 2 fully saturated rings. The summed E-state index contributed by atoms with van der Waals surface area (Å²) in [6, 6.07) is -0.977. The molecule has 1 aliphatic carbocycles. The van der Waals surface area contributed by atoms with Crippen molar-refractivity contribution in [1.82, 2.24) is 25.4 Å². The van der Waals surface area contributed by atoms with E-state index < -0.39 is 41.5 Å². The highest BCUT2D eigenvalue weighted by Gasteiger charge is 2.54. The molecule has 1 saturated carbocycles. The Balaban J connectivity index is 1.30. The second-order valence-electron chi connectivity index (χ2n) is 7.52. The number of carbonyl (C=O) groups excluding carboxylic acids is 2. The third-order valence-electron chi connectivity index (χ3n) is 5.16. The number of oxime groups is 1. The lowest BCUT2D eigenvalue weighted by Gasteiger charge is -2.49. The number of β-lactam (4-membered cyclic amide) rings is 1. The van der Waals surface area contributed by atoms with Crippen LogP contribution in [0.5, 0.6) is 0 Å². The van der Waals surface area contributed by atoms with Gasteiger partial charge in [-0.1, -0.05) is 28.3 Å². The second kappa shape index (κ2) is 9.71. The van der Waals surface area contributed by atoms with Crippen LogP contribution in [0.1, 0.15) is 12.1 Å². The molecule has 0 radical (unpaired) electrons. The molecule has 3 aliphatic rings. The Hall–Kier alpha value is -2.76. The first-order valence-corrected chi connectivity index (χ1v) is 13.8. The van der Waals surface area contributed by atoms with Crippen LogP contribution in [0, 0.1) is 0 Å². The zero-order valence-electron chi connectivity index (χ0n) is 17.5. The van der Waals surface area contributed by atoms with Crippen LogP contribution in [0.25, 0.3) is 0 Å². The van der Waals surface area contributed by atoms with Gasteiger partial charge < -0.3 is 21.0 Å². The summed E-state index contributed by atoms with van der Waals surface area (Å²) in [7, 11) is 0. The maximum absolute atomic E-state index is 13.2. The van der Waals surface area contributed by atoms with E-state index in [4.69, 9.17) is 10.6 Å². The maximum atomic E-state index is 13.2. The molecule has 12 nitrogen and oxygen atoms in total. The number of carbonyl (C=O) groups is 3. The summed E-state index contributed by atoms with van der Waals surface area (Å²) in [5, 5.41) is 24.9. The quantitative estimate of drug-likeness (QED) is 0.173. The Labute approximate surface area is 213 Å². The van der Waals surface area contributed by atoms with Crippen LogP contribution < -0.4 is 11.1 Å². The van der Waals surface area contributed by atoms with Gasteiger partial charge in [0.15, 0.2) is 21.3 Å². The number of amides is 2. The molecule has 1 saturated heterocycles. The summed E-state index contributed by atoms with van der Waals surface area (Å²) in [4.78, 5) is 48.2. The number of fused-ring (bicyclic) bond motifs is 1. The molecule has 0 spiro atoms. The summed E-state index contributed by atoms with van der Waals surface area (Å²) in [6.07, 6.45) is -1.70. The van der Waals surface area contributed by atoms with Crippen LogP contribution in [0.4, 0.5) is 9.52 Å². The summed E-state index contributed by atoms with van der Waals surface area (Å²) >= 11 is 5.10. The minimum Gasteiger partial charge on any atom is -0.477 e. The SMILES string of the molecule is Nc1nc(C(=NOC2CC2F)C(=O)N[C@@H]2C(=O)N3C(C(=O)O)=C(CSc4nncs4)CS[C@@H]23)cs1. The molecule has 2 aromatic rings. The summed E-state index contributed by atoms with van der Waals surface area (Å²) in [5.41, 5.74) is 7.61. The van der Waals surface area contributed by atoms with E-state index in [1.165, 1.54) is 45.1 Å². The molecule has 5 rings (SSSR count). The molecule has 0 bridgehead atoms. The molecule has 35 heavy (non-hydrogen) atoms.